The number of carbonyl (C=O) groups excluding carboxylic acids is 1. The molecule has 1 aliphatic rings. The lowest BCUT2D eigenvalue weighted by Gasteiger charge is -2.36. The number of pyridine rings is 1. The third-order valence-corrected chi connectivity index (χ3v) is 3.45. The summed E-state index contributed by atoms with van der Waals surface area (Å²) in [5, 5.41) is 3.30. The second-order valence-corrected chi connectivity index (χ2v) is 4.63. The van der Waals surface area contributed by atoms with Crippen LogP contribution in [0, 0.1) is 5.92 Å². The fourth-order valence-electron chi connectivity index (χ4n) is 2.41. The molecule has 2 rings (SSSR count). The SMILES string of the molecule is CNC1CCN(C(=O)c2ccccn2)CC1C. The van der Waals surface area contributed by atoms with Crippen molar-refractivity contribution in [2.24, 2.45) is 5.92 Å². The number of amides is 1. The molecule has 2 unspecified atom stereocenters. The van der Waals surface area contributed by atoms with Crippen molar-refractivity contribution in [2.75, 3.05) is 20.1 Å². The summed E-state index contributed by atoms with van der Waals surface area (Å²) in [7, 11) is 1.98. The summed E-state index contributed by atoms with van der Waals surface area (Å²) in [5.74, 6) is 0.536. The first-order valence-corrected chi connectivity index (χ1v) is 6.10. The van der Waals surface area contributed by atoms with Gasteiger partial charge in [-0.05, 0) is 31.5 Å². The highest BCUT2D eigenvalue weighted by molar-refractivity contribution is 5.92. The Morgan fingerprint density at radius 3 is 2.94 bits per heavy atom. The van der Waals surface area contributed by atoms with E-state index in [4.69, 9.17) is 0 Å². The number of rotatable bonds is 2. The van der Waals surface area contributed by atoms with Gasteiger partial charge in [-0.3, -0.25) is 9.78 Å². The molecule has 4 nitrogen and oxygen atoms in total. The van der Waals surface area contributed by atoms with Gasteiger partial charge in [0.2, 0.25) is 0 Å². The maximum atomic E-state index is 12.2. The minimum absolute atomic E-state index is 0.0482. The number of nitrogens with zero attached hydrogens (tertiary/aromatic N) is 2. The van der Waals surface area contributed by atoms with Crippen LogP contribution < -0.4 is 5.32 Å². The molecule has 2 atom stereocenters. The van der Waals surface area contributed by atoms with E-state index in [-0.39, 0.29) is 5.91 Å². The van der Waals surface area contributed by atoms with Gasteiger partial charge in [0.1, 0.15) is 5.69 Å². The largest absolute Gasteiger partial charge is 0.337 e. The Kier molecular flexibility index (Phi) is 3.74. The molecule has 0 spiro atoms. The second kappa shape index (κ2) is 5.27. The normalized spacial score (nSPS) is 24.7. The standard InChI is InChI=1S/C13H19N3O/c1-10-9-16(8-6-11(10)14-2)13(17)12-5-3-4-7-15-12/h3-5,7,10-11,14H,6,8-9H2,1-2H3. The summed E-state index contributed by atoms with van der Waals surface area (Å²) < 4.78 is 0. The minimum Gasteiger partial charge on any atom is -0.337 e. The highest BCUT2D eigenvalue weighted by Crippen LogP contribution is 2.17. The van der Waals surface area contributed by atoms with Crippen LogP contribution >= 0.6 is 0 Å². The average molecular weight is 233 g/mol. The zero-order valence-electron chi connectivity index (χ0n) is 10.4. The summed E-state index contributed by atoms with van der Waals surface area (Å²) in [6, 6.07) is 5.97. The number of hydrogen-bond donors (Lipinski definition) is 1. The van der Waals surface area contributed by atoms with Crippen molar-refractivity contribution >= 4 is 5.91 Å². The van der Waals surface area contributed by atoms with Crippen molar-refractivity contribution in [3.63, 3.8) is 0 Å². The number of likely N-dealkylation sites (tertiary alicyclic amines) is 1. The predicted molar refractivity (Wildman–Crippen MR) is 66.8 cm³/mol. The lowest BCUT2D eigenvalue weighted by Crippen LogP contribution is -2.49. The van der Waals surface area contributed by atoms with E-state index < -0.39 is 0 Å². The first kappa shape index (κ1) is 12.0. The van der Waals surface area contributed by atoms with E-state index in [1.807, 2.05) is 24.1 Å². The van der Waals surface area contributed by atoms with Gasteiger partial charge < -0.3 is 10.2 Å². The van der Waals surface area contributed by atoms with Gasteiger partial charge >= 0.3 is 0 Å². The zero-order chi connectivity index (χ0) is 12.3. The van der Waals surface area contributed by atoms with E-state index in [0.29, 0.717) is 17.7 Å². The molecule has 1 fully saturated rings. The van der Waals surface area contributed by atoms with Crippen LogP contribution in [0.25, 0.3) is 0 Å². The third kappa shape index (κ3) is 2.64. The van der Waals surface area contributed by atoms with Gasteiger partial charge in [0.15, 0.2) is 0 Å². The predicted octanol–water partition coefficient (Wildman–Crippen LogP) is 1.15. The molecule has 0 radical (unpaired) electrons. The molecule has 4 heteroatoms. The van der Waals surface area contributed by atoms with Gasteiger partial charge in [0, 0.05) is 25.3 Å². The van der Waals surface area contributed by atoms with E-state index in [1.54, 1.807) is 12.3 Å². The monoisotopic (exact) mass is 233 g/mol. The number of aromatic nitrogens is 1. The summed E-state index contributed by atoms with van der Waals surface area (Å²) in [6.45, 7) is 3.80. The summed E-state index contributed by atoms with van der Waals surface area (Å²) in [6.07, 6.45) is 2.67. The molecule has 1 N–H and O–H groups in total. The lowest BCUT2D eigenvalue weighted by molar-refractivity contribution is 0.0643. The van der Waals surface area contributed by atoms with E-state index in [2.05, 4.69) is 17.2 Å². The van der Waals surface area contributed by atoms with Crippen LogP contribution in [0.3, 0.4) is 0 Å². The van der Waals surface area contributed by atoms with Gasteiger partial charge in [0.25, 0.3) is 5.91 Å². The second-order valence-electron chi connectivity index (χ2n) is 4.63. The van der Waals surface area contributed by atoms with Crippen molar-refractivity contribution < 1.29 is 4.79 Å². The van der Waals surface area contributed by atoms with E-state index >= 15 is 0 Å². The molecule has 0 aliphatic carbocycles. The molecule has 1 saturated heterocycles. The van der Waals surface area contributed by atoms with Crippen LogP contribution in [0.5, 0.6) is 0 Å². The maximum Gasteiger partial charge on any atom is 0.272 e. The Labute approximate surface area is 102 Å². The Morgan fingerprint density at radius 2 is 2.35 bits per heavy atom. The van der Waals surface area contributed by atoms with Gasteiger partial charge in [-0.25, -0.2) is 0 Å². The molecule has 0 aromatic carbocycles. The minimum atomic E-state index is 0.0482. The van der Waals surface area contributed by atoms with Gasteiger partial charge in [0.05, 0.1) is 0 Å². The summed E-state index contributed by atoms with van der Waals surface area (Å²) in [5.41, 5.74) is 0.544. The highest BCUT2D eigenvalue weighted by atomic mass is 16.2. The molecule has 1 amide bonds. The Hall–Kier alpha value is -1.42. The van der Waals surface area contributed by atoms with Gasteiger partial charge in [-0.2, -0.15) is 0 Å². The first-order valence-electron chi connectivity index (χ1n) is 6.10. The Morgan fingerprint density at radius 1 is 1.53 bits per heavy atom. The number of carbonyl (C=O) groups is 1. The molecule has 17 heavy (non-hydrogen) atoms. The maximum absolute atomic E-state index is 12.2. The van der Waals surface area contributed by atoms with Crippen molar-refractivity contribution in [2.45, 2.75) is 19.4 Å². The van der Waals surface area contributed by atoms with Crippen molar-refractivity contribution in [1.29, 1.82) is 0 Å². The molecule has 92 valence electrons. The molecule has 2 heterocycles. The van der Waals surface area contributed by atoms with Crippen molar-refractivity contribution in [3.05, 3.63) is 30.1 Å². The smallest absolute Gasteiger partial charge is 0.272 e. The van der Waals surface area contributed by atoms with Crippen molar-refractivity contribution in [1.82, 2.24) is 15.2 Å². The zero-order valence-corrected chi connectivity index (χ0v) is 10.4. The number of piperidine rings is 1. The lowest BCUT2D eigenvalue weighted by atomic mass is 9.94. The van der Waals surface area contributed by atoms with Crippen LogP contribution in [-0.2, 0) is 0 Å². The molecule has 1 aromatic heterocycles. The first-order chi connectivity index (χ1) is 8.22. The molecule has 0 saturated carbocycles. The number of nitrogens with one attached hydrogen (secondary N) is 1. The molecular formula is C13H19N3O. The van der Waals surface area contributed by atoms with Crippen LogP contribution in [0.2, 0.25) is 0 Å². The average Bonchev–Trinajstić information content (AvgIpc) is 2.39. The Balaban J connectivity index is 2.03. The fourth-order valence-corrected chi connectivity index (χ4v) is 2.41. The van der Waals surface area contributed by atoms with Crippen LogP contribution in [0.1, 0.15) is 23.8 Å². The summed E-state index contributed by atoms with van der Waals surface area (Å²) in [4.78, 5) is 18.2. The van der Waals surface area contributed by atoms with Crippen LogP contribution in [0.4, 0.5) is 0 Å². The van der Waals surface area contributed by atoms with E-state index in [9.17, 15) is 4.79 Å². The number of hydrogen-bond acceptors (Lipinski definition) is 3. The Bertz CT molecular complexity index is 380. The summed E-state index contributed by atoms with van der Waals surface area (Å²) >= 11 is 0. The topological polar surface area (TPSA) is 45.2 Å². The van der Waals surface area contributed by atoms with Crippen LogP contribution in [0.15, 0.2) is 24.4 Å². The highest BCUT2D eigenvalue weighted by Gasteiger charge is 2.28. The molecule has 0 bridgehead atoms. The van der Waals surface area contributed by atoms with Crippen molar-refractivity contribution in [3.8, 4) is 0 Å². The van der Waals surface area contributed by atoms with Crippen LogP contribution in [-0.4, -0.2) is 42.0 Å². The fraction of sp³-hybridized carbons (Fsp3) is 0.538. The third-order valence-electron chi connectivity index (χ3n) is 3.45. The van der Waals surface area contributed by atoms with Gasteiger partial charge in [-0.1, -0.05) is 13.0 Å². The molecule has 1 aromatic rings. The van der Waals surface area contributed by atoms with Gasteiger partial charge in [-0.15, -0.1) is 0 Å². The molecular weight excluding hydrogens is 214 g/mol. The molecule has 1 aliphatic heterocycles. The quantitative estimate of drug-likeness (QED) is 0.833. The van der Waals surface area contributed by atoms with E-state index in [0.717, 1.165) is 19.5 Å². The van der Waals surface area contributed by atoms with E-state index in [1.165, 1.54) is 0 Å².